The molecular weight excluding hydrogens is 186 g/mol. The van der Waals surface area contributed by atoms with Gasteiger partial charge >= 0.3 is 0 Å². The lowest BCUT2D eigenvalue weighted by Crippen LogP contribution is -2.40. The molecule has 2 rings (SSSR count). The van der Waals surface area contributed by atoms with E-state index in [1.807, 2.05) is 12.4 Å². The van der Waals surface area contributed by atoms with E-state index in [4.69, 9.17) is 5.73 Å². The molecule has 0 aromatic carbocycles. The van der Waals surface area contributed by atoms with Crippen LogP contribution >= 0.6 is 0 Å². The number of likely N-dealkylation sites (tertiary alicyclic amines) is 1. The van der Waals surface area contributed by atoms with E-state index in [1.165, 1.54) is 5.56 Å². The van der Waals surface area contributed by atoms with Gasteiger partial charge in [0.2, 0.25) is 0 Å². The highest BCUT2D eigenvalue weighted by Crippen LogP contribution is 2.09. The molecule has 0 radical (unpaired) electrons. The van der Waals surface area contributed by atoms with Gasteiger partial charge in [-0.3, -0.25) is 4.98 Å². The molecule has 3 nitrogen and oxygen atoms in total. The smallest absolute Gasteiger partial charge is 0.0270 e. The van der Waals surface area contributed by atoms with E-state index < -0.39 is 0 Å². The molecule has 2 N–H and O–H groups in total. The summed E-state index contributed by atoms with van der Waals surface area (Å²) in [5.41, 5.74) is 7.24. The summed E-state index contributed by atoms with van der Waals surface area (Å²) in [5, 5.41) is 0. The van der Waals surface area contributed by atoms with Crippen LogP contribution in [-0.4, -0.2) is 35.6 Å². The van der Waals surface area contributed by atoms with Crippen molar-refractivity contribution in [2.75, 3.05) is 19.6 Å². The summed E-state index contributed by atoms with van der Waals surface area (Å²) < 4.78 is 0. The van der Waals surface area contributed by atoms with E-state index in [0.717, 1.165) is 38.9 Å². The molecule has 2 heterocycles. The Bertz CT molecular complexity index is 278. The average molecular weight is 205 g/mol. The van der Waals surface area contributed by atoms with Crippen molar-refractivity contribution < 1.29 is 0 Å². The van der Waals surface area contributed by atoms with Gasteiger partial charge in [-0.1, -0.05) is 0 Å². The van der Waals surface area contributed by atoms with Crippen LogP contribution < -0.4 is 5.73 Å². The lowest BCUT2D eigenvalue weighted by molar-refractivity contribution is 0.215. The van der Waals surface area contributed by atoms with E-state index >= 15 is 0 Å². The summed E-state index contributed by atoms with van der Waals surface area (Å²) in [6, 6.07) is 4.62. The van der Waals surface area contributed by atoms with Crippen molar-refractivity contribution in [3.8, 4) is 0 Å². The molecule has 0 spiro atoms. The third-order valence-corrected chi connectivity index (χ3v) is 3.10. The molecule has 1 aromatic heterocycles. The maximum atomic E-state index is 5.87. The molecule has 0 aliphatic carbocycles. The van der Waals surface area contributed by atoms with Gasteiger partial charge in [-0.15, -0.1) is 0 Å². The monoisotopic (exact) mass is 205 g/mol. The van der Waals surface area contributed by atoms with Crippen molar-refractivity contribution in [1.29, 1.82) is 0 Å². The molecule has 0 amide bonds. The van der Waals surface area contributed by atoms with Gasteiger partial charge in [0, 0.05) is 25.0 Å². The highest BCUT2D eigenvalue weighted by Gasteiger charge is 2.15. The Kier molecular flexibility index (Phi) is 3.69. The lowest BCUT2D eigenvalue weighted by atomic mass is 10.1. The zero-order valence-corrected chi connectivity index (χ0v) is 9.10. The maximum Gasteiger partial charge on any atom is 0.0270 e. The molecule has 3 heteroatoms. The van der Waals surface area contributed by atoms with Gasteiger partial charge < -0.3 is 10.6 Å². The van der Waals surface area contributed by atoms with Crippen molar-refractivity contribution in [3.63, 3.8) is 0 Å². The van der Waals surface area contributed by atoms with Crippen molar-refractivity contribution in [3.05, 3.63) is 30.1 Å². The first-order chi connectivity index (χ1) is 7.34. The zero-order chi connectivity index (χ0) is 10.5. The molecule has 1 fully saturated rings. The molecule has 1 aromatic rings. The van der Waals surface area contributed by atoms with Gasteiger partial charge in [0.1, 0.15) is 0 Å². The van der Waals surface area contributed by atoms with Crippen LogP contribution in [0.25, 0.3) is 0 Å². The molecule has 0 bridgehead atoms. The average Bonchev–Trinajstić information content (AvgIpc) is 2.30. The predicted octanol–water partition coefficient (Wildman–Crippen LogP) is 1.05. The number of hydrogen-bond donors (Lipinski definition) is 1. The molecule has 15 heavy (non-hydrogen) atoms. The van der Waals surface area contributed by atoms with E-state index in [-0.39, 0.29) is 0 Å². The first-order valence-electron chi connectivity index (χ1n) is 5.71. The largest absolute Gasteiger partial charge is 0.328 e. The molecule has 82 valence electrons. The molecular formula is C12H19N3. The Hall–Kier alpha value is -0.930. The number of aromatic nitrogens is 1. The number of nitrogens with two attached hydrogens (primary N) is 1. The third-order valence-electron chi connectivity index (χ3n) is 3.10. The summed E-state index contributed by atoms with van der Waals surface area (Å²) in [4.78, 5) is 6.52. The lowest BCUT2D eigenvalue weighted by Gasteiger charge is -2.29. The van der Waals surface area contributed by atoms with E-state index in [9.17, 15) is 0 Å². The van der Waals surface area contributed by atoms with Crippen LogP contribution in [0.5, 0.6) is 0 Å². The second-order valence-corrected chi connectivity index (χ2v) is 4.28. The SMILES string of the molecule is NC1CCN(CCc2ccncc2)CC1. The highest BCUT2D eigenvalue weighted by molar-refractivity contribution is 5.09. The standard InChI is InChI=1S/C12H19N3/c13-12-4-9-15(10-5-12)8-3-11-1-6-14-7-2-11/h1-2,6-7,12H,3-5,8-10,13H2. The normalized spacial score (nSPS) is 19.3. The minimum atomic E-state index is 0.433. The fourth-order valence-electron chi connectivity index (χ4n) is 2.01. The van der Waals surface area contributed by atoms with E-state index in [0.29, 0.717) is 6.04 Å². The summed E-state index contributed by atoms with van der Waals surface area (Å²) in [7, 11) is 0. The molecule has 0 saturated carbocycles. The Morgan fingerprint density at radius 3 is 2.60 bits per heavy atom. The maximum absolute atomic E-state index is 5.87. The minimum absolute atomic E-state index is 0.433. The van der Waals surface area contributed by atoms with Crippen LogP contribution in [0.3, 0.4) is 0 Å². The van der Waals surface area contributed by atoms with Crippen molar-refractivity contribution >= 4 is 0 Å². The van der Waals surface area contributed by atoms with Gasteiger partial charge in [-0.2, -0.15) is 0 Å². The van der Waals surface area contributed by atoms with E-state index in [2.05, 4.69) is 22.0 Å². The second-order valence-electron chi connectivity index (χ2n) is 4.28. The van der Waals surface area contributed by atoms with E-state index in [1.54, 1.807) is 0 Å². The van der Waals surface area contributed by atoms with Gasteiger partial charge in [0.15, 0.2) is 0 Å². The van der Waals surface area contributed by atoms with Gasteiger partial charge in [0.05, 0.1) is 0 Å². The number of pyridine rings is 1. The summed E-state index contributed by atoms with van der Waals surface area (Å²) >= 11 is 0. The predicted molar refractivity (Wildman–Crippen MR) is 61.6 cm³/mol. The quantitative estimate of drug-likeness (QED) is 0.802. The highest BCUT2D eigenvalue weighted by atomic mass is 15.1. The van der Waals surface area contributed by atoms with Gasteiger partial charge in [0.25, 0.3) is 0 Å². The minimum Gasteiger partial charge on any atom is -0.328 e. The summed E-state index contributed by atoms with van der Waals surface area (Å²) in [6.07, 6.45) is 7.15. The molecule has 0 atom stereocenters. The number of rotatable bonds is 3. The van der Waals surface area contributed by atoms with Crippen LogP contribution in [0.1, 0.15) is 18.4 Å². The summed E-state index contributed by atoms with van der Waals surface area (Å²) in [5.74, 6) is 0. The zero-order valence-electron chi connectivity index (χ0n) is 9.10. The number of hydrogen-bond acceptors (Lipinski definition) is 3. The molecule has 0 unspecified atom stereocenters. The van der Waals surface area contributed by atoms with Crippen LogP contribution in [0.4, 0.5) is 0 Å². The summed E-state index contributed by atoms with van der Waals surface area (Å²) in [6.45, 7) is 3.47. The topological polar surface area (TPSA) is 42.1 Å². The molecule has 1 aliphatic heterocycles. The molecule has 1 saturated heterocycles. The van der Waals surface area contributed by atoms with Crippen molar-refractivity contribution in [2.45, 2.75) is 25.3 Å². The van der Waals surface area contributed by atoms with Crippen LogP contribution in [0, 0.1) is 0 Å². The Morgan fingerprint density at radius 2 is 1.93 bits per heavy atom. The Balaban J connectivity index is 1.74. The number of nitrogens with zero attached hydrogens (tertiary/aromatic N) is 2. The Labute approximate surface area is 91.3 Å². The van der Waals surface area contributed by atoms with Gasteiger partial charge in [-0.05, 0) is 50.0 Å². The number of piperidine rings is 1. The van der Waals surface area contributed by atoms with Crippen molar-refractivity contribution in [1.82, 2.24) is 9.88 Å². The fraction of sp³-hybridized carbons (Fsp3) is 0.583. The third kappa shape index (κ3) is 3.29. The van der Waals surface area contributed by atoms with Crippen LogP contribution in [0.15, 0.2) is 24.5 Å². The van der Waals surface area contributed by atoms with Crippen molar-refractivity contribution in [2.24, 2.45) is 5.73 Å². The van der Waals surface area contributed by atoms with Crippen LogP contribution in [0.2, 0.25) is 0 Å². The first kappa shape index (κ1) is 10.6. The second kappa shape index (κ2) is 5.24. The first-order valence-corrected chi connectivity index (χ1v) is 5.71. The molecule has 1 aliphatic rings. The Morgan fingerprint density at radius 1 is 1.27 bits per heavy atom. The van der Waals surface area contributed by atoms with Crippen LogP contribution in [-0.2, 0) is 6.42 Å². The van der Waals surface area contributed by atoms with Gasteiger partial charge in [-0.25, -0.2) is 0 Å². The fourth-order valence-corrected chi connectivity index (χ4v) is 2.01.